The SMILES string of the molecule is N#CC1=NCc2ccccc2C1. The summed E-state index contributed by atoms with van der Waals surface area (Å²) in [7, 11) is 0. The van der Waals surface area contributed by atoms with Crippen LogP contribution in [-0.2, 0) is 13.0 Å². The lowest BCUT2D eigenvalue weighted by Gasteiger charge is -2.11. The predicted octanol–water partition coefficient (Wildman–Crippen LogP) is 1.71. The quantitative estimate of drug-likeness (QED) is 0.563. The fourth-order valence-corrected chi connectivity index (χ4v) is 1.38. The molecular weight excluding hydrogens is 148 g/mol. The number of fused-ring (bicyclic) bond motifs is 1. The van der Waals surface area contributed by atoms with Crippen LogP contribution in [0.5, 0.6) is 0 Å². The molecule has 2 rings (SSSR count). The Hall–Kier alpha value is -1.62. The van der Waals surface area contributed by atoms with Crippen LogP contribution in [0.2, 0.25) is 0 Å². The molecular formula is C10H8N2. The molecule has 1 aliphatic heterocycles. The first kappa shape index (κ1) is 7.05. The lowest BCUT2D eigenvalue weighted by atomic mass is 10.00. The Kier molecular flexibility index (Phi) is 1.64. The molecule has 0 aromatic heterocycles. The van der Waals surface area contributed by atoms with Crippen molar-refractivity contribution in [1.29, 1.82) is 5.26 Å². The van der Waals surface area contributed by atoms with Crippen molar-refractivity contribution < 1.29 is 0 Å². The van der Waals surface area contributed by atoms with E-state index in [1.54, 1.807) is 0 Å². The van der Waals surface area contributed by atoms with Crippen molar-refractivity contribution in [3.63, 3.8) is 0 Å². The van der Waals surface area contributed by atoms with Gasteiger partial charge in [-0.1, -0.05) is 24.3 Å². The minimum Gasteiger partial charge on any atom is -0.273 e. The number of hydrogen-bond acceptors (Lipinski definition) is 2. The normalized spacial score (nSPS) is 14.4. The highest BCUT2D eigenvalue weighted by molar-refractivity contribution is 6.00. The van der Waals surface area contributed by atoms with Crippen LogP contribution in [0.4, 0.5) is 0 Å². The fraction of sp³-hybridized carbons (Fsp3) is 0.200. The van der Waals surface area contributed by atoms with Crippen molar-refractivity contribution in [2.24, 2.45) is 4.99 Å². The van der Waals surface area contributed by atoms with Crippen LogP contribution in [-0.4, -0.2) is 5.71 Å². The smallest absolute Gasteiger partial charge is 0.116 e. The second-order valence-corrected chi connectivity index (χ2v) is 2.82. The van der Waals surface area contributed by atoms with Crippen LogP contribution in [0, 0.1) is 11.3 Å². The summed E-state index contributed by atoms with van der Waals surface area (Å²) in [5.74, 6) is 0. The maximum atomic E-state index is 8.64. The molecule has 2 nitrogen and oxygen atoms in total. The zero-order chi connectivity index (χ0) is 8.39. The third kappa shape index (κ3) is 1.10. The lowest BCUT2D eigenvalue weighted by molar-refractivity contribution is 0.992. The number of rotatable bonds is 0. The Balaban J connectivity index is 2.38. The number of benzene rings is 1. The Morgan fingerprint density at radius 1 is 1.25 bits per heavy atom. The Morgan fingerprint density at radius 2 is 2.00 bits per heavy atom. The summed E-state index contributed by atoms with van der Waals surface area (Å²) < 4.78 is 0. The fourth-order valence-electron chi connectivity index (χ4n) is 1.38. The first-order chi connectivity index (χ1) is 5.90. The van der Waals surface area contributed by atoms with Crippen LogP contribution in [0.1, 0.15) is 11.1 Å². The van der Waals surface area contributed by atoms with Gasteiger partial charge in [-0.3, -0.25) is 4.99 Å². The Bertz CT molecular complexity index is 372. The molecule has 0 fully saturated rings. The highest BCUT2D eigenvalue weighted by Crippen LogP contribution is 2.15. The van der Waals surface area contributed by atoms with Gasteiger partial charge in [-0.05, 0) is 11.1 Å². The highest BCUT2D eigenvalue weighted by atomic mass is 14.7. The van der Waals surface area contributed by atoms with Crippen molar-refractivity contribution in [1.82, 2.24) is 0 Å². The zero-order valence-corrected chi connectivity index (χ0v) is 6.62. The molecule has 12 heavy (non-hydrogen) atoms. The third-order valence-corrected chi connectivity index (χ3v) is 2.05. The minimum atomic E-state index is 0.647. The van der Waals surface area contributed by atoms with E-state index in [0.717, 1.165) is 0 Å². The summed E-state index contributed by atoms with van der Waals surface area (Å²) in [4.78, 5) is 4.14. The summed E-state index contributed by atoms with van der Waals surface area (Å²) in [6.07, 6.45) is 0.701. The molecule has 0 bridgehead atoms. The zero-order valence-electron chi connectivity index (χ0n) is 6.62. The second kappa shape index (κ2) is 2.78. The van der Waals surface area contributed by atoms with Crippen LogP contribution in [0.15, 0.2) is 29.3 Å². The predicted molar refractivity (Wildman–Crippen MR) is 46.9 cm³/mol. The molecule has 0 radical (unpaired) electrons. The van der Waals surface area contributed by atoms with Gasteiger partial charge in [-0.25, -0.2) is 0 Å². The highest BCUT2D eigenvalue weighted by Gasteiger charge is 2.09. The molecule has 0 saturated heterocycles. The average molecular weight is 156 g/mol. The van der Waals surface area contributed by atoms with Crippen LogP contribution in [0.3, 0.4) is 0 Å². The van der Waals surface area contributed by atoms with Gasteiger partial charge in [0.25, 0.3) is 0 Å². The van der Waals surface area contributed by atoms with Gasteiger partial charge >= 0.3 is 0 Å². The molecule has 58 valence electrons. The molecule has 0 saturated carbocycles. The molecule has 1 aliphatic rings. The molecule has 0 spiro atoms. The number of nitrogens with zero attached hydrogens (tertiary/aromatic N) is 2. The first-order valence-corrected chi connectivity index (χ1v) is 3.90. The van der Waals surface area contributed by atoms with E-state index in [1.165, 1.54) is 11.1 Å². The molecule has 1 heterocycles. The van der Waals surface area contributed by atoms with Crippen molar-refractivity contribution >= 4 is 5.71 Å². The lowest BCUT2D eigenvalue weighted by Crippen LogP contribution is -2.08. The van der Waals surface area contributed by atoms with Gasteiger partial charge in [0.05, 0.1) is 6.54 Å². The maximum absolute atomic E-state index is 8.64. The maximum Gasteiger partial charge on any atom is 0.116 e. The van der Waals surface area contributed by atoms with Gasteiger partial charge in [0.15, 0.2) is 0 Å². The van der Waals surface area contributed by atoms with Crippen molar-refractivity contribution in [2.75, 3.05) is 0 Å². The minimum absolute atomic E-state index is 0.647. The molecule has 2 heteroatoms. The summed E-state index contributed by atoms with van der Waals surface area (Å²) in [5, 5.41) is 8.64. The van der Waals surface area contributed by atoms with E-state index in [1.807, 2.05) is 12.1 Å². The van der Waals surface area contributed by atoms with E-state index in [9.17, 15) is 0 Å². The Morgan fingerprint density at radius 3 is 2.75 bits per heavy atom. The molecule has 0 N–H and O–H groups in total. The Labute approximate surface area is 71.2 Å². The van der Waals surface area contributed by atoms with Gasteiger partial charge in [0.2, 0.25) is 0 Å². The van der Waals surface area contributed by atoms with Gasteiger partial charge < -0.3 is 0 Å². The second-order valence-electron chi connectivity index (χ2n) is 2.82. The third-order valence-electron chi connectivity index (χ3n) is 2.05. The number of nitriles is 1. The van der Waals surface area contributed by atoms with Crippen LogP contribution in [0.25, 0.3) is 0 Å². The standard InChI is InChI=1S/C10H8N2/c11-6-10-5-8-3-1-2-4-9(8)7-12-10/h1-4H,5,7H2. The first-order valence-electron chi connectivity index (χ1n) is 3.90. The van der Waals surface area contributed by atoms with Gasteiger partial charge in [-0.2, -0.15) is 5.26 Å². The molecule has 0 atom stereocenters. The van der Waals surface area contributed by atoms with Crippen molar-refractivity contribution in [2.45, 2.75) is 13.0 Å². The summed E-state index contributed by atoms with van der Waals surface area (Å²) in [5.41, 5.74) is 3.13. The molecule has 0 amide bonds. The van der Waals surface area contributed by atoms with Crippen molar-refractivity contribution in [3.8, 4) is 6.07 Å². The number of aliphatic imine (C=N–C) groups is 1. The molecule has 0 unspecified atom stereocenters. The van der Waals surface area contributed by atoms with Crippen LogP contribution >= 0.6 is 0 Å². The van der Waals surface area contributed by atoms with E-state index >= 15 is 0 Å². The van der Waals surface area contributed by atoms with E-state index in [0.29, 0.717) is 18.7 Å². The van der Waals surface area contributed by atoms with Gasteiger partial charge in [0, 0.05) is 6.42 Å². The van der Waals surface area contributed by atoms with E-state index in [-0.39, 0.29) is 0 Å². The summed E-state index contributed by atoms with van der Waals surface area (Å²) >= 11 is 0. The molecule has 0 aliphatic carbocycles. The monoisotopic (exact) mass is 156 g/mol. The van der Waals surface area contributed by atoms with Gasteiger partial charge in [-0.15, -0.1) is 0 Å². The molecule has 1 aromatic carbocycles. The summed E-state index contributed by atoms with van der Waals surface area (Å²) in [6.45, 7) is 0.666. The summed E-state index contributed by atoms with van der Waals surface area (Å²) in [6, 6.07) is 10.2. The van der Waals surface area contributed by atoms with E-state index in [2.05, 4.69) is 23.2 Å². The van der Waals surface area contributed by atoms with Crippen molar-refractivity contribution in [3.05, 3.63) is 35.4 Å². The average Bonchev–Trinajstić information content (AvgIpc) is 2.17. The van der Waals surface area contributed by atoms with Crippen LogP contribution < -0.4 is 0 Å². The van der Waals surface area contributed by atoms with Gasteiger partial charge in [0.1, 0.15) is 11.8 Å². The number of hydrogen-bond donors (Lipinski definition) is 0. The van der Waals surface area contributed by atoms with E-state index in [4.69, 9.17) is 5.26 Å². The molecule has 1 aromatic rings. The topological polar surface area (TPSA) is 36.1 Å². The largest absolute Gasteiger partial charge is 0.273 e. The van der Waals surface area contributed by atoms with E-state index < -0.39 is 0 Å².